The Hall–Kier alpha value is -1.68. The summed E-state index contributed by atoms with van der Waals surface area (Å²) in [7, 11) is 0. The largest absolute Gasteiger partial charge is 0.350 e. The van der Waals surface area contributed by atoms with E-state index in [1.807, 2.05) is 6.07 Å². The first kappa shape index (κ1) is 17.2. The molecule has 1 saturated carbocycles. The molecule has 1 aromatic carbocycles. The molecule has 24 heavy (non-hydrogen) atoms. The number of Topliss-reactive ketones (excluding diaryl/α,β-unsaturated/α-hetero) is 1. The second-order valence-electron chi connectivity index (χ2n) is 7.26. The van der Waals surface area contributed by atoms with Crippen LogP contribution < -0.4 is 5.32 Å². The number of rotatable bonds is 5. The third kappa shape index (κ3) is 3.54. The Morgan fingerprint density at radius 1 is 1.00 bits per heavy atom. The van der Waals surface area contributed by atoms with E-state index in [1.165, 1.54) is 51.9 Å². The van der Waals surface area contributed by atoms with Crippen LogP contribution in [0.2, 0.25) is 0 Å². The fourth-order valence-electron chi connectivity index (χ4n) is 4.33. The summed E-state index contributed by atoms with van der Waals surface area (Å²) in [6, 6.07) is 7.10. The van der Waals surface area contributed by atoms with Gasteiger partial charge in [0, 0.05) is 17.6 Å². The third-order valence-electron chi connectivity index (χ3n) is 5.69. The van der Waals surface area contributed by atoms with Gasteiger partial charge in [-0.05, 0) is 51.8 Å². The number of hydrogen-bond acceptors (Lipinski definition) is 3. The van der Waals surface area contributed by atoms with E-state index in [9.17, 15) is 9.59 Å². The molecule has 0 bridgehead atoms. The highest BCUT2D eigenvalue weighted by atomic mass is 16.2. The molecule has 1 N–H and O–H groups in total. The van der Waals surface area contributed by atoms with Crippen LogP contribution in [0.25, 0.3) is 0 Å². The summed E-state index contributed by atoms with van der Waals surface area (Å²) < 4.78 is 0. The zero-order chi connectivity index (χ0) is 17.0. The van der Waals surface area contributed by atoms with Gasteiger partial charge in [-0.3, -0.25) is 14.5 Å². The molecule has 0 spiro atoms. The van der Waals surface area contributed by atoms with Crippen molar-refractivity contribution in [3.05, 3.63) is 35.4 Å². The molecule has 1 aliphatic carbocycles. The second-order valence-corrected chi connectivity index (χ2v) is 7.26. The maximum absolute atomic E-state index is 12.7. The van der Waals surface area contributed by atoms with Crippen LogP contribution in [-0.2, 0) is 0 Å². The molecule has 1 aromatic rings. The summed E-state index contributed by atoms with van der Waals surface area (Å²) >= 11 is 0. The number of nitrogens with one attached hydrogen (secondary N) is 1. The van der Waals surface area contributed by atoms with Gasteiger partial charge < -0.3 is 5.32 Å². The zero-order valence-electron chi connectivity index (χ0n) is 14.6. The number of ketones is 1. The second kappa shape index (κ2) is 7.47. The Morgan fingerprint density at radius 3 is 2.25 bits per heavy atom. The van der Waals surface area contributed by atoms with Crippen molar-refractivity contribution in [2.24, 2.45) is 0 Å². The topological polar surface area (TPSA) is 49.4 Å². The van der Waals surface area contributed by atoms with Gasteiger partial charge in [0.25, 0.3) is 5.91 Å². The fraction of sp³-hybridized carbons (Fsp3) is 0.600. The first-order valence-corrected chi connectivity index (χ1v) is 9.26. The molecule has 1 heterocycles. The summed E-state index contributed by atoms with van der Waals surface area (Å²) in [5.41, 5.74) is 1.13. The summed E-state index contributed by atoms with van der Waals surface area (Å²) in [4.78, 5) is 27.0. The summed E-state index contributed by atoms with van der Waals surface area (Å²) in [5.74, 6) is -0.183. The third-order valence-corrected chi connectivity index (χ3v) is 5.69. The van der Waals surface area contributed by atoms with E-state index in [2.05, 4.69) is 10.2 Å². The normalized spacial score (nSPS) is 20.7. The highest BCUT2D eigenvalue weighted by Gasteiger charge is 2.39. The molecule has 3 rings (SSSR count). The van der Waals surface area contributed by atoms with Crippen LogP contribution in [-0.4, -0.2) is 41.8 Å². The highest BCUT2D eigenvalue weighted by molar-refractivity contribution is 6.07. The van der Waals surface area contributed by atoms with E-state index in [0.717, 1.165) is 13.1 Å². The SMILES string of the molecule is CC(=O)c1ccccc1C(=O)NCC1(N2CCCC2)CCCCC1. The van der Waals surface area contributed by atoms with Crippen molar-refractivity contribution in [1.29, 1.82) is 0 Å². The van der Waals surface area contributed by atoms with Crippen molar-refractivity contribution >= 4 is 11.7 Å². The van der Waals surface area contributed by atoms with E-state index in [-0.39, 0.29) is 17.2 Å². The van der Waals surface area contributed by atoms with Crippen molar-refractivity contribution in [2.75, 3.05) is 19.6 Å². The molecule has 0 aromatic heterocycles. The van der Waals surface area contributed by atoms with Crippen LogP contribution in [0.3, 0.4) is 0 Å². The number of carbonyl (C=O) groups excluding carboxylic acids is 2. The van der Waals surface area contributed by atoms with Crippen LogP contribution in [0.5, 0.6) is 0 Å². The minimum Gasteiger partial charge on any atom is -0.350 e. The average Bonchev–Trinajstić information content (AvgIpc) is 3.16. The van der Waals surface area contributed by atoms with Gasteiger partial charge in [0.05, 0.1) is 5.56 Å². The molecule has 0 atom stereocenters. The van der Waals surface area contributed by atoms with Crippen molar-refractivity contribution in [2.45, 2.75) is 57.4 Å². The van der Waals surface area contributed by atoms with Crippen LogP contribution in [0, 0.1) is 0 Å². The highest BCUT2D eigenvalue weighted by Crippen LogP contribution is 2.35. The van der Waals surface area contributed by atoms with Crippen molar-refractivity contribution < 1.29 is 9.59 Å². The van der Waals surface area contributed by atoms with Gasteiger partial charge in [-0.1, -0.05) is 37.5 Å². The van der Waals surface area contributed by atoms with Crippen molar-refractivity contribution in [1.82, 2.24) is 10.2 Å². The molecule has 1 aliphatic heterocycles. The Balaban J connectivity index is 1.73. The molecule has 4 nitrogen and oxygen atoms in total. The van der Waals surface area contributed by atoms with Gasteiger partial charge in [0.15, 0.2) is 5.78 Å². The molecule has 0 unspecified atom stereocenters. The summed E-state index contributed by atoms with van der Waals surface area (Å²) in [5, 5.41) is 3.15. The predicted molar refractivity (Wildman–Crippen MR) is 95.4 cm³/mol. The van der Waals surface area contributed by atoms with Crippen molar-refractivity contribution in [3.8, 4) is 0 Å². The number of likely N-dealkylation sites (tertiary alicyclic amines) is 1. The number of benzene rings is 1. The van der Waals surface area contributed by atoms with E-state index in [1.54, 1.807) is 18.2 Å². The van der Waals surface area contributed by atoms with Crippen LogP contribution in [0.1, 0.15) is 72.6 Å². The Bertz CT molecular complexity index is 599. The van der Waals surface area contributed by atoms with Gasteiger partial charge in [-0.2, -0.15) is 0 Å². The molecule has 2 fully saturated rings. The Labute approximate surface area is 144 Å². The summed E-state index contributed by atoms with van der Waals surface area (Å²) in [6.07, 6.45) is 8.67. The van der Waals surface area contributed by atoms with E-state index in [0.29, 0.717) is 17.7 Å². The summed E-state index contributed by atoms with van der Waals surface area (Å²) in [6.45, 7) is 4.51. The zero-order valence-corrected chi connectivity index (χ0v) is 14.6. The standard InChI is InChI=1S/C20H28N2O2/c1-16(23)17-9-3-4-10-18(17)19(24)21-15-20(11-5-2-6-12-20)22-13-7-8-14-22/h3-4,9-10H,2,5-8,11-15H2,1H3,(H,21,24). The first-order chi connectivity index (χ1) is 11.6. The van der Waals surface area contributed by atoms with E-state index in [4.69, 9.17) is 0 Å². The molecule has 1 amide bonds. The number of carbonyl (C=O) groups is 2. The van der Waals surface area contributed by atoms with Crippen LogP contribution in [0.4, 0.5) is 0 Å². The fourth-order valence-corrected chi connectivity index (χ4v) is 4.33. The lowest BCUT2D eigenvalue weighted by atomic mass is 9.80. The van der Waals surface area contributed by atoms with Crippen molar-refractivity contribution in [3.63, 3.8) is 0 Å². The van der Waals surface area contributed by atoms with Crippen LogP contribution >= 0.6 is 0 Å². The average molecular weight is 328 g/mol. The monoisotopic (exact) mass is 328 g/mol. The predicted octanol–water partition coefficient (Wildman–Crippen LogP) is 3.42. The maximum atomic E-state index is 12.7. The molecule has 130 valence electrons. The molecule has 1 saturated heterocycles. The number of hydrogen-bond donors (Lipinski definition) is 1. The molecular weight excluding hydrogens is 300 g/mol. The Morgan fingerprint density at radius 2 is 1.62 bits per heavy atom. The van der Waals surface area contributed by atoms with Gasteiger partial charge in [-0.25, -0.2) is 0 Å². The molecule has 4 heteroatoms. The number of nitrogens with zero attached hydrogens (tertiary/aromatic N) is 1. The van der Waals surface area contributed by atoms with Gasteiger partial charge in [-0.15, -0.1) is 0 Å². The minimum absolute atomic E-state index is 0.0623. The molecule has 2 aliphatic rings. The van der Waals surface area contributed by atoms with Gasteiger partial charge in [0.2, 0.25) is 0 Å². The quantitative estimate of drug-likeness (QED) is 0.843. The molecular formula is C20H28N2O2. The van der Waals surface area contributed by atoms with E-state index < -0.39 is 0 Å². The Kier molecular flexibility index (Phi) is 5.34. The number of amides is 1. The van der Waals surface area contributed by atoms with Gasteiger partial charge in [0.1, 0.15) is 0 Å². The van der Waals surface area contributed by atoms with E-state index >= 15 is 0 Å². The lowest BCUT2D eigenvalue weighted by Crippen LogP contribution is -2.55. The van der Waals surface area contributed by atoms with Crippen LogP contribution in [0.15, 0.2) is 24.3 Å². The lowest BCUT2D eigenvalue weighted by Gasteiger charge is -2.45. The molecule has 0 radical (unpaired) electrons. The smallest absolute Gasteiger partial charge is 0.252 e. The lowest BCUT2D eigenvalue weighted by molar-refractivity contribution is 0.0651. The first-order valence-electron chi connectivity index (χ1n) is 9.26. The maximum Gasteiger partial charge on any atom is 0.252 e. The van der Waals surface area contributed by atoms with Gasteiger partial charge >= 0.3 is 0 Å². The minimum atomic E-state index is -0.120.